The minimum Gasteiger partial charge on any atom is -0.493 e. The van der Waals surface area contributed by atoms with Crippen LogP contribution in [0.25, 0.3) is 5.52 Å². The molecular formula is C14H12BrN3O. The standard InChI is InChI=1S/C14H12BrN3O/c15-14-12-10-16-7-8-18(12)13(17-14)6-9-19-11-4-2-1-3-5-11/h1-5,7-8,10H,6,9H2. The molecule has 0 saturated heterocycles. The molecule has 0 aliphatic rings. The SMILES string of the molecule is Brc1nc(CCOc2ccccc2)n2ccncc12. The van der Waals surface area contributed by atoms with Crippen LogP contribution in [0.4, 0.5) is 0 Å². The summed E-state index contributed by atoms with van der Waals surface area (Å²) in [5.41, 5.74) is 0.970. The molecule has 19 heavy (non-hydrogen) atoms. The average Bonchev–Trinajstić information content (AvgIpc) is 2.78. The summed E-state index contributed by atoms with van der Waals surface area (Å²) in [6.45, 7) is 0.595. The minimum absolute atomic E-state index is 0.595. The third kappa shape index (κ3) is 2.61. The van der Waals surface area contributed by atoms with Gasteiger partial charge in [-0.05, 0) is 28.1 Å². The van der Waals surface area contributed by atoms with Crippen LogP contribution in [0.3, 0.4) is 0 Å². The van der Waals surface area contributed by atoms with Crippen molar-refractivity contribution >= 4 is 21.4 Å². The summed E-state index contributed by atoms with van der Waals surface area (Å²) in [5, 5.41) is 0. The molecule has 4 nitrogen and oxygen atoms in total. The molecular weight excluding hydrogens is 306 g/mol. The third-order valence-corrected chi connectivity index (χ3v) is 3.40. The van der Waals surface area contributed by atoms with Crippen LogP contribution in [0, 0.1) is 0 Å². The second kappa shape index (κ2) is 5.40. The van der Waals surface area contributed by atoms with Gasteiger partial charge >= 0.3 is 0 Å². The van der Waals surface area contributed by atoms with Crippen LogP contribution in [0.5, 0.6) is 5.75 Å². The van der Waals surface area contributed by atoms with Crippen molar-refractivity contribution in [2.45, 2.75) is 6.42 Å². The van der Waals surface area contributed by atoms with Crippen LogP contribution < -0.4 is 4.74 Å². The topological polar surface area (TPSA) is 39.4 Å². The molecule has 96 valence electrons. The number of nitrogens with zero attached hydrogens (tertiary/aromatic N) is 3. The largest absolute Gasteiger partial charge is 0.493 e. The van der Waals surface area contributed by atoms with E-state index >= 15 is 0 Å². The zero-order valence-corrected chi connectivity index (χ0v) is 11.7. The molecule has 0 spiro atoms. The van der Waals surface area contributed by atoms with Gasteiger partial charge in [-0.25, -0.2) is 4.98 Å². The van der Waals surface area contributed by atoms with Crippen molar-refractivity contribution in [3.05, 3.63) is 59.3 Å². The Balaban J connectivity index is 1.72. The number of ether oxygens (including phenoxy) is 1. The molecule has 0 unspecified atom stereocenters. The number of fused-ring (bicyclic) bond motifs is 1. The molecule has 0 fully saturated rings. The van der Waals surface area contributed by atoms with Gasteiger partial charge in [0.25, 0.3) is 0 Å². The van der Waals surface area contributed by atoms with Crippen LogP contribution >= 0.6 is 15.9 Å². The Kier molecular flexibility index (Phi) is 3.46. The molecule has 0 N–H and O–H groups in total. The monoisotopic (exact) mass is 317 g/mol. The van der Waals surface area contributed by atoms with E-state index in [1.54, 1.807) is 12.4 Å². The highest BCUT2D eigenvalue weighted by molar-refractivity contribution is 9.10. The summed E-state index contributed by atoms with van der Waals surface area (Å²) in [7, 11) is 0. The Morgan fingerprint density at radius 3 is 2.89 bits per heavy atom. The molecule has 2 heterocycles. The normalized spacial score (nSPS) is 10.8. The fourth-order valence-corrected chi connectivity index (χ4v) is 2.41. The van der Waals surface area contributed by atoms with Crippen LogP contribution in [-0.4, -0.2) is 21.0 Å². The molecule has 0 atom stereocenters. The number of hydrogen-bond donors (Lipinski definition) is 0. The quantitative estimate of drug-likeness (QED) is 0.742. The molecule has 5 heteroatoms. The smallest absolute Gasteiger partial charge is 0.133 e. The summed E-state index contributed by atoms with van der Waals surface area (Å²) in [6, 6.07) is 9.79. The van der Waals surface area contributed by atoms with E-state index in [0.717, 1.165) is 28.1 Å². The van der Waals surface area contributed by atoms with Crippen molar-refractivity contribution in [3.63, 3.8) is 0 Å². The van der Waals surface area contributed by atoms with Gasteiger partial charge in [0.15, 0.2) is 0 Å². The highest BCUT2D eigenvalue weighted by Gasteiger charge is 2.08. The highest BCUT2D eigenvalue weighted by Crippen LogP contribution is 2.18. The number of imidazole rings is 1. The van der Waals surface area contributed by atoms with Gasteiger partial charge in [0, 0.05) is 18.8 Å². The maximum atomic E-state index is 5.68. The Morgan fingerprint density at radius 1 is 1.21 bits per heavy atom. The van der Waals surface area contributed by atoms with Crippen molar-refractivity contribution in [2.24, 2.45) is 0 Å². The first-order valence-electron chi connectivity index (χ1n) is 5.99. The third-order valence-electron chi connectivity index (χ3n) is 2.81. The molecule has 1 aromatic carbocycles. The summed E-state index contributed by atoms with van der Waals surface area (Å²) in [4.78, 5) is 8.57. The molecule has 0 bridgehead atoms. The van der Waals surface area contributed by atoms with Gasteiger partial charge in [-0.1, -0.05) is 18.2 Å². The van der Waals surface area contributed by atoms with E-state index in [2.05, 4.69) is 25.9 Å². The van der Waals surface area contributed by atoms with Gasteiger partial charge < -0.3 is 4.74 Å². The minimum atomic E-state index is 0.595. The lowest BCUT2D eigenvalue weighted by atomic mass is 10.3. The zero-order chi connectivity index (χ0) is 13.1. The molecule has 0 amide bonds. The predicted molar refractivity (Wildman–Crippen MR) is 76.3 cm³/mol. The molecule has 0 radical (unpaired) electrons. The fraction of sp³-hybridized carbons (Fsp3) is 0.143. The van der Waals surface area contributed by atoms with E-state index < -0.39 is 0 Å². The summed E-state index contributed by atoms with van der Waals surface area (Å²) >= 11 is 3.44. The van der Waals surface area contributed by atoms with Gasteiger partial charge in [0.2, 0.25) is 0 Å². The molecule has 3 rings (SSSR count). The summed E-state index contributed by atoms with van der Waals surface area (Å²) < 4.78 is 8.52. The first kappa shape index (κ1) is 12.2. The maximum absolute atomic E-state index is 5.68. The van der Waals surface area contributed by atoms with Crippen molar-refractivity contribution in [1.29, 1.82) is 0 Å². The van der Waals surface area contributed by atoms with Crippen molar-refractivity contribution in [3.8, 4) is 5.75 Å². The van der Waals surface area contributed by atoms with Gasteiger partial charge in [0.1, 0.15) is 16.2 Å². The molecule has 0 saturated carbocycles. The van der Waals surface area contributed by atoms with E-state index in [4.69, 9.17) is 4.74 Å². The summed E-state index contributed by atoms with van der Waals surface area (Å²) in [5.74, 6) is 1.84. The molecule has 3 aromatic rings. The number of aromatic nitrogens is 3. The lowest BCUT2D eigenvalue weighted by molar-refractivity contribution is 0.318. The summed E-state index contributed by atoms with van der Waals surface area (Å²) in [6.07, 6.45) is 6.19. The maximum Gasteiger partial charge on any atom is 0.133 e. The van der Waals surface area contributed by atoms with Gasteiger partial charge in [0.05, 0.1) is 18.3 Å². The average molecular weight is 318 g/mol. The second-order valence-electron chi connectivity index (χ2n) is 4.06. The lowest BCUT2D eigenvalue weighted by Crippen LogP contribution is -2.04. The zero-order valence-electron chi connectivity index (χ0n) is 10.2. The first-order valence-corrected chi connectivity index (χ1v) is 6.78. The Bertz CT molecular complexity index is 681. The molecule has 0 aliphatic heterocycles. The van der Waals surface area contributed by atoms with Crippen molar-refractivity contribution in [1.82, 2.24) is 14.4 Å². The van der Waals surface area contributed by atoms with Crippen molar-refractivity contribution < 1.29 is 4.74 Å². The van der Waals surface area contributed by atoms with E-state index in [1.807, 2.05) is 40.9 Å². The van der Waals surface area contributed by atoms with E-state index in [0.29, 0.717) is 6.61 Å². The number of benzene rings is 1. The molecule has 0 aliphatic carbocycles. The van der Waals surface area contributed by atoms with Gasteiger partial charge in [-0.15, -0.1) is 0 Å². The highest BCUT2D eigenvalue weighted by atomic mass is 79.9. The number of rotatable bonds is 4. The van der Waals surface area contributed by atoms with Crippen LogP contribution in [0.15, 0.2) is 53.5 Å². The van der Waals surface area contributed by atoms with E-state index in [9.17, 15) is 0 Å². The van der Waals surface area contributed by atoms with Gasteiger partial charge in [-0.2, -0.15) is 0 Å². The second-order valence-corrected chi connectivity index (χ2v) is 4.81. The van der Waals surface area contributed by atoms with Crippen LogP contribution in [-0.2, 0) is 6.42 Å². The number of hydrogen-bond acceptors (Lipinski definition) is 3. The number of para-hydroxylation sites is 1. The lowest BCUT2D eigenvalue weighted by Gasteiger charge is -2.05. The van der Waals surface area contributed by atoms with Gasteiger partial charge in [-0.3, -0.25) is 9.38 Å². The van der Waals surface area contributed by atoms with Crippen molar-refractivity contribution in [2.75, 3.05) is 6.61 Å². The molecule has 2 aromatic heterocycles. The van der Waals surface area contributed by atoms with Crippen LogP contribution in [0.1, 0.15) is 5.82 Å². The van der Waals surface area contributed by atoms with E-state index in [1.165, 1.54) is 0 Å². The Hall–Kier alpha value is -1.88. The predicted octanol–water partition coefficient (Wildman–Crippen LogP) is 3.11. The fourth-order valence-electron chi connectivity index (χ4n) is 1.92. The van der Waals surface area contributed by atoms with E-state index in [-0.39, 0.29) is 0 Å². The Labute approximate surface area is 119 Å². The first-order chi connectivity index (χ1) is 9.34. The van der Waals surface area contributed by atoms with Crippen LogP contribution in [0.2, 0.25) is 0 Å². The Morgan fingerprint density at radius 2 is 2.05 bits per heavy atom. The number of halogens is 1.